The Morgan fingerprint density at radius 1 is 0.930 bits per heavy atom. The minimum Gasteiger partial charge on any atom is -0.453 e. The van der Waals surface area contributed by atoms with Gasteiger partial charge in [0.2, 0.25) is 29.5 Å². The highest BCUT2D eigenvalue weighted by atomic mass is 127. The second kappa shape index (κ2) is 18.7. The van der Waals surface area contributed by atoms with Crippen LogP contribution in [0.1, 0.15) is 56.9 Å². The quantitative estimate of drug-likeness (QED) is 0.0547. The number of anilines is 1. The number of aliphatic hydroxyl groups is 1. The van der Waals surface area contributed by atoms with Crippen LogP contribution < -0.4 is 27.0 Å². The number of imide groups is 1. The zero-order valence-corrected chi connectivity index (χ0v) is 25.7. The summed E-state index contributed by atoms with van der Waals surface area (Å²) in [4.78, 5) is 84.9. The Hall–Kier alpha value is -3.80. The van der Waals surface area contributed by atoms with Crippen molar-refractivity contribution >= 4 is 67.8 Å². The van der Waals surface area contributed by atoms with Crippen molar-refractivity contribution < 1.29 is 43.4 Å². The molecule has 1 aromatic carbocycles. The molecule has 0 aliphatic carbocycles. The molecule has 2 atom stereocenters. The summed E-state index contributed by atoms with van der Waals surface area (Å²) in [5.41, 5.74) is 6.18. The van der Waals surface area contributed by atoms with Gasteiger partial charge in [0.25, 0.3) is 0 Å². The molecule has 7 amide bonds. The summed E-state index contributed by atoms with van der Waals surface area (Å²) in [7, 11) is 0. The van der Waals surface area contributed by atoms with Crippen LogP contribution in [0.3, 0.4) is 0 Å². The van der Waals surface area contributed by atoms with Gasteiger partial charge in [0.15, 0.2) is 0 Å². The van der Waals surface area contributed by atoms with Crippen LogP contribution in [0.5, 0.6) is 0 Å². The first-order valence-electron chi connectivity index (χ1n) is 13.8. The molecule has 236 valence electrons. The lowest BCUT2D eigenvalue weighted by Crippen LogP contribution is -2.54. The van der Waals surface area contributed by atoms with Gasteiger partial charge in [0, 0.05) is 38.0 Å². The van der Waals surface area contributed by atoms with Crippen LogP contribution in [0.2, 0.25) is 0 Å². The van der Waals surface area contributed by atoms with E-state index >= 15 is 0 Å². The van der Waals surface area contributed by atoms with Gasteiger partial charge in [0.1, 0.15) is 18.7 Å². The maximum Gasteiger partial charge on any atom is 0.367 e. The average Bonchev–Trinajstić information content (AvgIpc) is 3.28. The third kappa shape index (κ3) is 13.4. The molecule has 0 bridgehead atoms. The highest BCUT2D eigenvalue weighted by Gasteiger charge is 2.28. The van der Waals surface area contributed by atoms with Crippen molar-refractivity contribution in [3.05, 3.63) is 29.8 Å². The number of ether oxygens (including phenoxy) is 1. The number of aliphatic hydroxyl groups excluding tert-OH is 1. The molecule has 0 radical (unpaired) electrons. The smallest absolute Gasteiger partial charge is 0.367 e. The molecule has 1 aliphatic rings. The van der Waals surface area contributed by atoms with E-state index in [0.717, 1.165) is 0 Å². The van der Waals surface area contributed by atoms with Gasteiger partial charge in [-0.05, 0) is 43.4 Å². The number of urea groups is 1. The first kappa shape index (κ1) is 35.4. The Labute approximate surface area is 262 Å². The number of unbranched alkanes of at least 4 members (excludes halogenated alkanes) is 2. The van der Waals surface area contributed by atoms with Crippen molar-refractivity contribution in [3.8, 4) is 0 Å². The van der Waals surface area contributed by atoms with Gasteiger partial charge in [-0.2, -0.15) is 0 Å². The first-order chi connectivity index (χ1) is 20.5. The summed E-state index contributed by atoms with van der Waals surface area (Å²) in [6.45, 7) is -0.189. The van der Waals surface area contributed by atoms with Crippen LogP contribution in [0.15, 0.2) is 24.3 Å². The molecule has 0 spiro atoms. The van der Waals surface area contributed by atoms with Crippen molar-refractivity contribution in [2.24, 2.45) is 5.73 Å². The SMILES string of the molecule is NC(=O)NCCC[C@H](NC(=O)[C@H](CO)NC(=O)CCCCCN1C(=O)CCC1=O)C(=O)Nc1ccc(COC(=O)I)cc1. The van der Waals surface area contributed by atoms with E-state index in [0.29, 0.717) is 37.1 Å². The lowest BCUT2D eigenvalue weighted by Gasteiger charge is -2.22. The zero-order chi connectivity index (χ0) is 31.8. The standard InChI is InChI=1S/C27H37IN6O9/c28-26(41)43-16-17-7-9-18(10-8-17)31-24(39)19(5-4-13-30-27(29)42)33-25(40)20(15-35)32-21(36)6-2-1-3-14-34-22(37)11-12-23(34)38/h7-10,19-20,35H,1-6,11-16H2,(H,31,39)(H,32,36)(H,33,40)(H3,29,30,42)/t19-,20-/m0/s1. The second-order valence-corrected chi connectivity index (χ2v) is 10.6. The number of nitrogens with one attached hydrogen (secondary N) is 4. The van der Waals surface area contributed by atoms with Crippen LogP contribution in [0.25, 0.3) is 0 Å². The van der Waals surface area contributed by atoms with E-state index in [-0.39, 0.29) is 57.1 Å². The van der Waals surface area contributed by atoms with Crippen LogP contribution in [-0.2, 0) is 35.3 Å². The van der Waals surface area contributed by atoms with Crippen LogP contribution in [0, 0.1) is 0 Å². The number of primary amides is 1. The molecule has 1 fully saturated rings. The molecule has 1 heterocycles. The van der Waals surface area contributed by atoms with Gasteiger partial charge >= 0.3 is 10.0 Å². The number of rotatable bonds is 18. The third-order valence-electron chi connectivity index (χ3n) is 6.45. The van der Waals surface area contributed by atoms with E-state index in [4.69, 9.17) is 10.5 Å². The molecule has 2 rings (SSSR count). The number of nitrogens with zero attached hydrogens (tertiary/aromatic N) is 1. The Morgan fingerprint density at radius 2 is 1.60 bits per heavy atom. The topological polar surface area (TPSA) is 226 Å². The third-order valence-corrected chi connectivity index (χ3v) is 6.76. The summed E-state index contributed by atoms with van der Waals surface area (Å²) in [6, 6.07) is 3.37. The van der Waals surface area contributed by atoms with E-state index in [2.05, 4.69) is 21.3 Å². The Bertz CT molecular complexity index is 1150. The van der Waals surface area contributed by atoms with E-state index in [1.165, 1.54) is 27.5 Å². The minimum atomic E-state index is -1.31. The summed E-state index contributed by atoms with van der Waals surface area (Å²) >= 11 is 1.51. The number of halogens is 1. The predicted molar refractivity (Wildman–Crippen MR) is 161 cm³/mol. The van der Waals surface area contributed by atoms with Crippen molar-refractivity contribution in [1.29, 1.82) is 0 Å². The maximum atomic E-state index is 13.0. The molecule has 0 saturated carbocycles. The predicted octanol–water partition coefficient (Wildman–Crippen LogP) is 0.817. The van der Waals surface area contributed by atoms with Gasteiger partial charge in [-0.3, -0.25) is 28.9 Å². The van der Waals surface area contributed by atoms with Gasteiger partial charge in [-0.15, -0.1) is 0 Å². The largest absolute Gasteiger partial charge is 0.453 e. The molecular formula is C27H37IN6O9. The first-order valence-corrected chi connectivity index (χ1v) is 14.9. The fraction of sp³-hybridized carbons (Fsp3) is 0.519. The van der Waals surface area contributed by atoms with E-state index in [1.54, 1.807) is 24.3 Å². The number of carbonyl (C=O) groups excluding carboxylic acids is 7. The highest BCUT2D eigenvalue weighted by Crippen LogP contribution is 2.14. The van der Waals surface area contributed by atoms with Gasteiger partial charge in [-0.25, -0.2) is 9.59 Å². The lowest BCUT2D eigenvalue weighted by molar-refractivity contribution is -0.138. The Balaban J connectivity index is 1.89. The fourth-order valence-corrected chi connectivity index (χ4v) is 4.33. The van der Waals surface area contributed by atoms with Crippen molar-refractivity contribution in [3.63, 3.8) is 0 Å². The van der Waals surface area contributed by atoms with E-state index in [9.17, 15) is 38.7 Å². The Kier molecular flexibility index (Phi) is 15.4. The molecule has 7 N–H and O–H groups in total. The summed E-state index contributed by atoms with van der Waals surface area (Å²) < 4.78 is 4.46. The lowest BCUT2D eigenvalue weighted by atomic mass is 10.1. The number of benzene rings is 1. The van der Waals surface area contributed by atoms with Crippen molar-refractivity contribution in [1.82, 2.24) is 20.9 Å². The molecule has 0 unspecified atom stereocenters. The molecule has 15 nitrogen and oxygen atoms in total. The zero-order valence-electron chi connectivity index (χ0n) is 23.6. The van der Waals surface area contributed by atoms with Gasteiger partial charge < -0.3 is 36.8 Å². The van der Waals surface area contributed by atoms with Gasteiger partial charge in [-0.1, -0.05) is 18.6 Å². The fourth-order valence-electron chi connectivity index (χ4n) is 4.18. The maximum absolute atomic E-state index is 13.0. The number of carbonyl (C=O) groups is 7. The van der Waals surface area contributed by atoms with Crippen molar-refractivity contribution in [2.75, 3.05) is 25.0 Å². The molecule has 1 saturated heterocycles. The number of likely N-dealkylation sites (tertiary alicyclic amines) is 1. The number of nitrogens with two attached hydrogens (primary N) is 1. The van der Waals surface area contributed by atoms with E-state index < -0.39 is 46.4 Å². The summed E-state index contributed by atoms with van der Waals surface area (Å²) in [5.74, 6) is -2.21. The second-order valence-electron chi connectivity index (χ2n) is 9.76. The molecule has 43 heavy (non-hydrogen) atoms. The Morgan fingerprint density at radius 3 is 2.21 bits per heavy atom. The van der Waals surface area contributed by atoms with Crippen LogP contribution >= 0.6 is 22.6 Å². The van der Waals surface area contributed by atoms with Crippen LogP contribution in [-0.4, -0.2) is 81.3 Å². The summed E-state index contributed by atoms with van der Waals surface area (Å²) in [6.07, 6.45) is 2.47. The monoisotopic (exact) mass is 716 g/mol. The van der Waals surface area contributed by atoms with Crippen molar-refractivity contribution in [2.45, 2.75) is 70.1 Å². The number of amides is 7. The minimum absolute atomic E-state index is 0.0570. The molecule has 1 aliphatic heterocycles. The number of hydrogen-bond acceptors (Lipinski definition) is 9. The summed E-state index contributed by atoms with van der Waals surface area (Å²) in [5, 5.41) is 19.8. The molecular weight excluding hydrogens is 679 g/mol. The van der Waals surface area contributed by atoms with Crippen LogP contribution in [0.4, 0.5) is 15.3 Å². The normalized spacial score (nSPS) is 14.0. The molecule has 0 aromatic heterocycles. The average molecular weight is 717 g/mol. The molecule has 1 aromatic rings. The van der Waals surface area contributed by atoms with Gasteiger partial charge in [0.05, 0.1) is 29.2 Å². The molecule has 16 heteroatoms. The van der Waals surface area contributed by atoms with E-state index in [1.807, 2.05) is 0 Å². The highest BCUT2D eigenvalue weighted by molar-refractivity contribution is 14.1. The number of hydrogen-bond donors (Lipinski definition) is 6.